The van der Waals surface area contributed by atoms with E-state index in [9.17, 15) is 18.0 Å². The third kappa shape index (κ3) is 2.87. The molecule has 7 heteroatoms. The second-order valence-electron chi connectivity index (χ2n) is 3.77. The number of hydrogen-bond acceptors (Lipinski definition) is 3. The Morgan fingerprint density at radius 1 is 1.15 bits per heavy atom. The number of para-hydroxylation sites is 1. The van der Waals surface area contributed by atoms with Gasteiger partial charge in [-0.2, -0.15) is 13.2 Å². The highest BCUT2D eigenvalue weighted by Gasteiger charge is 2.34. The maximum absolute atomic E-state index is 12.8. The summed E-state index contributed by atoms with van der Waals surface area (Å²) < 4.78 is 43.5. The molecule has 1 aromatic heterocycles. The van der Waals surface area contributed by atoms with Crippen LogP contribution >= 0.6 is 0 Å². The number of ether oxygens (including phenoxy) is 1. The van der Waals surface area contributed by atoms with Gasteiger partial charge in [-0.15, -0.1) is 0 Å². The molecule has 104 valence electrons. The van der Waals surface area contributed by atoms with E-state index in [4.69, 9.17) is 9.84 Å². The van der Waals surface area contributed by atoms with Gasteiger partial charge in [0.1, 0.15) is 17.1 Å². The van der Waals surface area contributed by atoms with E-state index < -0.39 is 23.5 Å². The summed E-state index contributed by atoms with van der Waals surface area (Å²) in [5.74, 6) is -2.00. The fraction of sp³-hybridized carbons (Fsp3) is 0.0769. The van der Waals surface area contributed by atoms with Gasteiger partial charge in [0, 0.05) is 18.5 Å². The molecule has 0 radical (unpaired) electrons. The summed E-state index contributed by atoms with van der Waals surface area (Å²) in [5, 5.41) is 8.93. The number of carbonyl (C=O) groups is 1. The molecule has 0 spiro atoms. The van der Waals surface area contributed by atoms with Crippen molar-refractivity contribution in [2.45, 2.75) is 6.18 Å². The van der Waals surface area contributed by atoms with Gasteiger partial charge in [0.15, 0.2) is 0 Å². The molecule has 0 atom stereocenters. The fourth-order valence-electron chi connectivity index (χ4n) is 1.54. The Morgan fingerprint density at radius 2 is 1.85 bits per heavy atom. The average molecular weight is 283 g/mol. The van der Waals surface area contributed by atoms with Gasteiger partial charge in [-0.3, -0.25) is 4.98 Å². The lowest BCUT2D eigenvalue weighted by atomic mass is 10.2. The highest BCUT2D eigenvalue weighted by Crippen LogP contribution is 2.38. The summed E-state index contributed by atoms with van der Waals surface area (Å²) in [7, 11) is 0. The van der Waals surface area contributed by atoms with Crippen LogP contribution in [-0.4, -0.2) is 16.1 Å². The Kier molecular flexibility index (Phi) is 3.60. The van der Waals surface area contributed by atoms with Crippen molar-refractivity contribution < 1.29 is 27.8 Å². The molecule has 0 aliphatic carbocycles. The number of aromatic nitrogens is 1. The van der Waals surface area contributed by atoms with Crippen LogP contribution in [0.3, 0.4) is 0 Å². The number of carboxylic acid groups (broad SMARTS) is 1. The van der Waals surface area contributed by atoms with Crippen LogP contribution in [0.5, 0.6) is 11.5 Å². The molecule has 2 rings (SSSR count). The summed E-state index contributed by atoms with van der Waals surface area (Å²) in [4.78, 5) is 14.5. The van der Waals surface area contributed by atoms with E-state index in [0.29, 0.717) is 0 Å². The smallest absolute Gasteiger partial charge is 0.419 e. The Morgan fingerprint density at radius 3 is 2.50 bits per heavy atom. The minimum Gasteiger partial charge on any atom is -0.477 e. The highest BCUT2D eigenvalue weighted by atomic mass is 19.4. The molecule has 1 aromatic carbocycles. The lowest BCUT2D eigenvalue weighted by molar-refractivity contribution is -0.138. The van der Waals surface area contributed by atoms with Crippen molar-refractivity contribution in [3.05, 3.63) is 53.9 Å². The summed E-state index contributed by atoms with van der Waals surface area (Å²) in [6.07, 6.45) is -2.35. The monoisotopic (exact) mass is 283 g/mol. The van der Waals surface area contributed by atoms with Gasteiger partial charge in [-0.1, -0.05) is 12.1 Å². The normalized spacial score (nSPS) is 11.2. The van der Waals surface area contributed by atoms with Crippen LogP contribution in [0, 0.1) is 0 Å². The van der Waals surface area contributed by atoms with E-state index in [-0.39, 0.29) is 11.3 Å². The van der Waals surface area contributed by atoms with Gasteiger partial charge in [-0.05, 0) is 12.1 Å². The first kappa shape index (κ1) is 13.9. The van der Waals surface area contributed by atoms with Gasteiger partial charge < -0.3 is 9.84 Å². The zero-order valence-electron chi connectivity index (χ0n) is 9.89. The van der Waals surface area contributed by atoms with Crippen molar-refractivity contribution in [1.29, 1.82) is 0 Å². The molecular weight excluding hydrogens is 275 g/mol. The summed E-state index contributed by atoms with van der Waals surface area (Å²) >= 11 is 0. The lowest BCUT2D eigenvalue weighted by Crippen LogP contribution is -2.08. The van der Waals surface area contributed by atoms with Crippen LogP contribution in [0.15, 0.2) is 42.7 Å². The summed E-state index contributed by atoms with van der Waals surface area (Å²) in [6.45, 7) is 0. The number of nitrogens with zero attached hydrogens (tertiary/aromatic N) is 1. The average Bonchev–Trinajstić information content (AvgIpc) is 2.38. The zero-order chi connectivity index (χ0) is 14.8. The first-order valence-electron chi connectivity index (χ1n) is 5.41. The molecule has 0 aliphatic heterocycles. The Hall–Kier alpha value is -2.57. The number of rotatable bonds is 3. The predicted molar refractivity (Wildman–Crippen MR) is 62.7 cm³/mol. The van der Waals surface area contributed by atoms with Crippen molar-refractivity contribution >= 4 is 5.97 Å². The van der Waals surface area contributed by atoms with E-state index in [1.807, 2.05) is 0 Å². The number of hydrogen-bond donors (Lipinski definition) is 1. The van der Waals surface area contributed by atoms with Crippen LogP contribution in [0.1, 0.15) is 15.9 Å². The summed E-state index contributed by atoms with van der Waals surface area (Å²) in [6, 6.07) is 5.76. The van der Waals surface area contributed by atoms with Crippen LogP contribution in [0.2, 0.25) is 0 Å². The van der Waals surface area contributed by atoms with E-state index >= 15 is 0 Å². The minimum absolute atomic E-state index is 0.204. The van der Waals surface area contributed by atoms with Crippen molar-refractivity contribution in [1.82, 2.24) is 4.98 Å². The number of pyridine rings is 1. The highest BCUT2D eigenvalue weighted by molar-refractivity contribution is 5.90. The zero-order valence-corrected chi connectivity index (χ0v) is 9.89. The Labute approximate surface area is 111 Å². The topological polar surface area (TPSA) is 59.4 Å². The SMILES string of the molecule is O=C(O)c1cnccc1Oc1ccccc1C(F)(F)F. The fourth-order valence-corrected chi connectivity index (χ4v) is 1.54. The molecule has 0 amide bonds. The number of halogens is 3. The molecule has 1 heterocycles. The van der Waals surface area contributed by atoms with Crippen molar-refractivity contribution in [3.8, 4) is 11.5 Å². The molecule has 4 nitrogen and oxygen atoms in total. The van der Waals surface area contributed by atoms with Gasteiger partial charge in [0.05, 0.1) is 5.56 Å². The number of aromatic carboxylic acids is 1. The van der Waals surface area contributed by atoms with Gasteiger partial charge in [0.25, 0.3) is 0 Å². The molecule has 0 aliphatic rings. The van der Waals surface area contributed by atoms with E-state index in [2.05, 4.69) is 4.98 Å². The van der Waals surface area contributed by atoms with Gasteiger partial charge in [-0.25, -0.2) is 4.79 Å². The second-order valence-corrected chi connectivity index (χ2v) is 3.77. The molecular formula is C13H8F3NO3. The first-order valence-corrected chi connectivity index (χ1v) is 5.41. The maximum Gasteiger partial charge on any atom is 0.419 e. The minimum atomic E-state index is -4.59. The molecule has 0 bridgehead atoms. The molecule has 0 saturated heterocycles. The maximum atomic E-state index is 12.8. The largest absolute Gasteiger partial charge is 0.477 e. The van der Waals surface area contributed by atoms with Crippen LogP contribution in [-0.2, 0) is 6.18 Å². The van der Waals surface area contributed by atoms with Gasteiger partial charge in [0.2, 0.25) is 0 Å². The van der Waals surface area contributed by atoms with Crippen molar-refractivity contribution in [2.24, 2.45) is 0 Å². The number of carboxylic acids is 1. The van der Waals surface area contributed by atoms with Crippen LogP contribution in [0.4, 0.5) is 13.2 Å². The molecule has 1 N–H and O–H groups in total. The molecule has 20 heavy (non-hydrogen) atoms. The van der Waals surface area contributed by atoms with E-state index in [1.54, 1.807) is 0 Å². The quantitative estimate of drug-likeness (QED) is 0.935. The second kappa shape index (κ2) is 5.20. The summed E-state index contributed by atoms with van der Waals surface area (Å²) in [5.41, 5.74) is -1.29. The van der Waals surface area contributed by atoms with Crippen LogP contribution < -0.4 is 4.74 Å². The molecule has 0 fully saturated rings. The van der Waals surface area contributed by atoms with E-state index in [0.717, 1.165) is 18.3 Å². The molecule has 0 saturated carbocycles. The number of benzene rings is 1. The third-order valence-corrected chi connectivity index (χ3v) is 2.42. The van der Waals surface area contributed by atoms with E-state index in [1.165, 1.54) is 24.4 Å². The van der Waals surface area contributed by atoms with Crippen LogP contribution in [0.25, 0.3) is 0 Å². The predicted octanol–water partition coefficient (Wildman–Crippen LogP) is 3.59. The molecule has 0 unspecified atom stereocenters. The Bertz CT molecular complexity index is 641. The number of alkyl halides is 3. The molecule has 2 aromatic rings. The first-order chi connectivity index (χ1) is 9.39. The van der Waals surface area contributed by atoms with Crippen molar-refractivity contribution in [2.75, 3.05) is 0 Å². The van der Waals surface area contributed by atoms with Gasteiger partial charge >= 0.3 is 12.1 Å². The third-order valence-electron chi connectivity index (χ3n) is 2.42. The van der Waals surface area contributed by atoms with Crippen molar-refractivity contribution in [3.63, 3.8) is 0 Å². The standard InChI is InChI=1S/C13H8F3NO3/c14-13(15,16)9-3-1-2-4-11(9)20-10-5-6-17-7-8(10)12(18)19/h1-7H,(H,18,19). The Balaban J connectivity index is 2.44. The lowest BCUT2D eigenvalue weighted by Gasteiger charge is -2.14.